The molecule has 2 atom stereocenters. The molecule has 2 amide bonds. The van der Waals surface area contributed by atoms with Gasteiger partial charge in [-0.05, 0) is 12.8 Å². The number of allylic oxidation sites excluding steroid dienone is 1. The van der Waals surface area contributed by atoms with Crippen LogP contribution in [-0.2, 0) is 24.1 Å². The van der Waals surface area contributed by atoms with Crippen molar-refractivity contribution in [2.45, 2.75) is 31.3 Å². The van der Waals surface area contributed by atoms with Gasteiger partial charge in [-0.25, -0.2) is 0 Å². The molecule has 2 aliphatic rings. The van der Waals surface area contributed by atoms with Crippen LogP contribution in [0, 0.1) is 12.1 Å². The molecule has 0 radical (unpaired) electrons. The van der Waals surface area contributed by atoms with Gasteiger partial charge < -0.3 is 10.6 Å². The van der Waals surface area contributed by atoms with Crippen LogP contribution >= 0.6 is 0 Å². The van der Waals surface area contributed by atoms with E-state index in [0.29, 0.717) is 5.56 Å². The minimum Gasteiger partial charge on any atom is -0.334 e. The maximum atomic E-state index is 12.2. The number of hydrogen-bond donors (Lipinski definition) is 2. The van der Waals surface area contributed by atoms with E-state index in [1.807, 2.05) is 17.0 Å². The summed E-state index contributed by atoms with van der Waals surface area (Å²) in [7, 11) is 0. The van der Waals surface area contributed by atoms with Crippen LogP contribution in [0.25, 0.3) is 0 Å². The molecule has 1 aliphatic heterocycles. The Kier molecular flexibility index (Phi) is 6.28. The Labute approximate surface area is 163 Å². The van der Waals surface area contributed by atoms with E-state index in [1.54, 1.807) is 28.9 Å². The van der Waals surface area contributed by atoms with Gasteiger partial charge in [-0.3, -0.25) is 4.79 Å². The summed E-state index contributed by atoms with van der Waals surface area (Å²) in [6.07, 6.45) is 8.95. The molecule has 1 aromatic carbocycles. The SMILES string of the molecule is NC(c1ccc(C(=O)N[C-]=CC=N[CH]=[W])cc1)C1CN1C(=O)C1CCC1. The Morgan fingerprint density at radius 1 is 1.35 bits per heavy atom. The van der Waals surface area contributed by atoms with Crippen LogP contribution < -0.4 is 11.1 Å². The quantitative estimate of drug-likeness (QED) is 0.244. The summed E-state index contributed by atoms with van der Waals surface area (Å²) in [4.78, 5) is 30.1. The van der Waals surface area contributed by atoms with Crippen LogP contribution in [0.4, 0.5) is 0 Å². The average Bonchev–Trinajstić information content (AvgIpc) is 3.40. The van der Waals surface area contributed by atoms with Crippen molar-refractivity contribution in [2.75, 3.05) is 6.54 Å². The van der Waals surface area contributed by atoms with Crippen LogP contribution in [0.2, 0.25) is 0 Å². The maximum Gasteiger partial charge on any atom is 0.226 e. The number of carbonyl (C=O) groups excluding carboxylic acids is 2. The molecule has 0 spiro atoms. The van der Waals surface area contributed by atoms with E-state index in [9.17, 15) is 9.59 Å². The minimum atomic E-state index is -0.242. The number of hydrogen-bond acceptors (Lipinski definition) is 4. The second-order valence-electron chi connectivity index (χ2n) is 6.50. The first-order valence-corrected chi connectivity index (χ1v) is 10.3. The van der Waals surface area contributed by atoms with Gasteiger partial charge in [0.05, 0.1) is 6.04 Å². The number of rotatable bonds is 7. The topological polar surface area (TPSA) is 87.6 Å². The van der Waals surface area contributed by atoms with Crippen molar-refractivity contribution < 1.29 is 28.9 Å². The number of carbonyl (C=O) groups is 2. The Balaban J connectivity index is 1.53. The summed E-state index contributed by atoms with van der Waals surface area (Å²) in [5.41, 5.74) is 7.78. The van der Waals surface area contributed by atoms with Crippen LogP contribution in [0.15, 0.2) is 35.3 Å². The Bertz CT molecular complexity index is 740. The van der Waals surface area contributed by atoms with Gasteiger partial charge in [0, 0.05) is 12.5 Å². The second kappa shape index (κ2) is 8.65. The zero-order valence-electron chi connectivity index (χ0n) is 14.3. The fourth-order valence-corrected chi connectivity index (χ4v) is 3.23. The van der Waals surface area contributed by atoms with Crippen molar-refractivity contribution in [1.82, 2.24) is 10.2 Å². The van der Waals surface area contributed by atoms with Gasteiger partial charge in [0.2, 0.25) is 5.91 Å². The molecule has 2 fully saturated rings. The maximum absolute atomic E-state index is 12.2. The van der Waals surface area contributed by atoms with E-state index in [-0.39, 0.29) is 29.8 Å². The zero-order chi connectivity index (χ0) is 18.5. The van der Waals surface area contributed by atoms with Crippen molar-refractivity contribution >= 4 is 22.6 Å². The van der Waals surface area contributed by atoms with Gasteiger partial charge in [-0.15, -0.1) is 0 Å². The number of nitrogens with one attached hydrogen (secondary N) is 1. The van der Waals surface area contributed by atoms with Crippen LogP contribution in [0.3, 0.4) is 0 Å². The molecule has 3 rings (SSSR count). The number of amides is 2. The van der Waals surface area contributed by atoms with Crippen molar-refractivity contribution in [3.8, 4) is 0 Å². The van der Waals surface area contributed by atoms with Crippen LogP contribution in [-0.4, -0.2) is 40.0 Å². The van der Waals surface area contributed by atoms with Crippen molar-refractivity contribution in [3.05, 3.63) is 47.7 Å². The van der Waals surface area contributed by atoms with Gasteiger partial charge in [0.15, 0.2) is 0 Å². The standard InChI is InChI=1S/C19H21N4O2.W/c1-21-10-3-11-22-18(24)14-8-6-13(7-9-14)17(20)16-12-23(16)19(25)15-4-2-5-15;/h1,3,6-10,15-17H,2,4-5,12,20H2,(H,22,24);/q-1;. The Hall–Kier alpha value is -1.91. The molecule has 1 saturated carbocycles. The van der Waals surface area contributed by atoms with E-state index < -0.39 is 0 Å². The molecule has 0 bridgehead atoms. The van der Waals surface area contributed by atoms with E-state index in [2.05, 4.69) is 16.5 Å². The van der Waals surface area contributed by atoms with Crippen molar-refractivity contribution in [2.24, 2.45) is 16.6 Å². The van der Waals surface area contributed by atoms with Crippen LogP contribution in [0.1, 0.15) is 41.2 Å². The first-order chi connectivity index (χ1) is 12.6. The normalized spacial score (nSPS) is 20.8. The second-order valence-corrected chi connectivity index (χ2v) is 7.26. The van der Waals surface area contributed by atoms with Gasteiger partial charge in [-0.2, -0.15) is 0 Å². The number of nitrogens with two attached hydrogens (primary N) is 1. The van der Waals surface area contributed by atoms with Crippen molar-refractivity contribution in [3.63, 3.8) is 0 Å². The molecule has 1 heterocycles. The number of nitrogens with zero attached hydrogens (tertiary/aromatic N) is 2. The molecule has 136 valence electrons. The predicted molar refractivity (Wildman–Crippen MR) is 96.0 cm³/mol. The summed E-state index contributed by atoms with van der Waals surface area (Å²) < 4.78 is 1.72. The smallest absolute Gasteiger partial charge is 0.226 e. The summed E-state index contributed by atoms with van der Waals surface area (Å²) in [5, 5.41) is 2.56. The van der Waals surface area contributed by atoms with E-state index in [0.717, 1.165) is 31.4 Å². The van der Waals surface area contributed by atoms with Gasteiger partial charge in [-0.1, -0.05) is 6.42 Å². The van der Waals surface area contributed by atoms with E-state index in [4.69, 9.17) is 5.73 Å². The molecule has 26 heavy (non-hydrogen) atoms. The summed E-state index contributed by atoms with van der Waals surface area (Å²) in [5.74, 6) is 0.221. The molecule has 2 unspecified atom stereocenters. The molecule has 1 aromatic rings. The van der Waals surface area contributed by atoms with E-state index in [1.165, 1.54) is 19.4 Å². The molecular weight excluding hydrogens is 500 g/mol. The first kappa shape index (κ1) is 18.9. The zero-order valence-corrected chi connectivity index (χ0v) is 17.2. The summed E-state index contributed by atoms with van der Waals surface area (Å²) >= 11 is 1.26. The van der Waals surface area contributed by atoms with Gasteiger partial charge in [0.25, 0.3) is 0 Å². The minimum absolute atomic E-state index is 0.0792. The summed E-state index contributed by atoms with van der Waals surface area (Å²) in [6.45, 7) is 0.733. The largest absolute Gasteiger partial charge is 0.334 e. The van der Waals surface area contributed by atoms with Crippen LogP contribution in [0.5, 0.6) is 0 Å². The Morgan fingerprint density at radius 3 is 2.69 bits per heavy atom. The number of benzene rings is 1. The van der Waals surface area contributed by atoms with E-state index >= 15 is 0 Å². The first-order valence-electron chi connectivity index (χ1n) is 8.62. The summed E-state index contributed by atoms with van der Waals surface area (Å²) in [6, 6.07) is 7.04. The molecule has 6 nitrogen and oxygen atoms in total. The van der Waals surface area contributed by atoms with Gasteiger partial charge in [0.1, 0.15) is 0 Å². The third-order valence-electron chi connectivity index (χ3n) is 4.85. The fourth-order valence-electron chi connectivity index (χ4n) is 2.98. The predicted octanol–water partition coefficient (Wildman–Crippen LogP) is 1.12. The third kappa shape index (κ3) is 4.43. The Morgan fingerprint density at radius 2 is 2.08 bits per heavy atom. The molecule has 0 aromatic heterocycles. The average molecular weight is 521 g/mol. The fraction of sp³-hybridized carbons (Fsp3) is 0.368. The van der Waals surface area contributed by atoms with Crippen molar-refractivity contribution in [1.29, 1.82) is 0 Å². The molecule has 3 N–H and O–H groups in total. The third-order valence-corrected chi connectivity index (χ3v) is 5.29. The molecular formula is C19H21N4O2W-. The molecule has 1 aliphatic carbocycles. The van der Waals surface area contributed by atoms with Gasteiger partial charge >= 0.3 is 105 Å². The molecule has 7 heteroatoms. The molecule has 1 saturated heterocycles. The number of aliphatic imine (C=N–C) groups is 1. The monoisotopic (exact) mass is 521 g/mol.